The van der Waals surface area contributed by atoms with Gasteiger partial charge in [0.1, 0.15) is 6.29 Å². The Labute approximate surface area is 456 Å². The highest BCUT2D eigenvalue weighted by Gasteiger charge is 2.02. The van der Waals surface area contributed by atoms with Gasteiger partial charge in [0.15, 0.2) is 0 Å². The summed E-state index contributed by atoms with van der Waals surface area (Å²) in [6.45, 7) is 3.26. The largest absolute Gasteiger partial charge is 0.478 e. The van der Waals surface area contributed by atoms with Crippen molar-refractivity contribution in [2.45, 2.75) is 65.5 Å². The highest BCUT2D eigenvalue weighted by Crippen LogP contribution is 2.09. The maximum Gasteiger partial charge on any atom is 0.335 e. The van der Waals surface area contributed by atoms with E-state index < -0.39 is 11.9 Å². The number of aliphatic hydroxyl groups is 1. The van der Waals surface area contributed by atoms with Gasteiger partial charge in [0.25, 0.3) is 0 Å². The second-order valence-corrected chi connectivity index (χ2v) is 15.8. The van der Waals surface area contributed by atoms with Crippen molar-refractivity contribution in [3.8, 4) is 0 Å². The first kappa shape index (κ1) is 72.7. The van der Waals surface area contributed by atoms with E-state index in [0.29, 0.717) is 76.1 Å². The van der Waals surface area contributed by atoms with Gasteiger partial charge in [-0.1, -0.05) is 141 Å². The number of nitrogens with two attached hydrogens (primary N) is 1. The van der Waals surface area contributed by atoms with Crippen molar-refractivity contribution in [1.29, 1.82) is 0 Å². The van der Waals surface area contributed by atoms with E-state index >= 15 is 0 Å². The van der Waals surface area contributed by atoms with Crippen molar-refractivity contribution >= 4 is 46.6 Å². The van der Waals surface area contributed by atoms with E-state index in [2.05, 4.69) is 61.4 Å². The molecule has 5 rings (SSSR count). The molecule has 0 aromatic heterocycles. The molecular formula is C52H68BrClF2N14O6. The number of carboxylic acids is 2. The molecule has 0 aliphatic heterocycles. The molecule has 0 atom stereocenters. The van der Waals surface area contributed by atoms with Gasteiger partial charge in [-0.05, 0) is 143 Å². The highest BCUT2D eigenvalue weighted by molar-refractivity contribution is 9.09. The van der Waals surface area contributed by atoms with Crippen molar-refractivity contribution in [1.82, 2.24) is 5.32 Å². The number of carbonyl (C=O) groups is 3. The number of aldehydes is 1. The lowest BCUT2D eigenvalue weighted by Crippen LogP contribution is -2.15. The molecule has 6 N–H and O–H groups in total. The van der Waals surface area contributed by atoms with Gasteiger partial charge < -0.3 is 26.4 Å². The highest BCUT2D eigenvalue weighted by atomic mass is 79.9. The summed E-state index contributed by atoms with van der Waals surface area (Å²) in [6, 6.07) is 36.4. The monoisotopic (exact) mass is 1140 g/mol. The van der Waals surface area contributed by atoms with Crippen LogP contribution in [0.25, 0.3) is 41.8 Å². The number of nitrogens with zero attached hydrogens (tertiary/aromatic N) is 12. The lowest BCUT2D eigenvalue weighted by molar-refractivity contribution is 0.0686. The summed E-state index contributed by atoms with van der Waals surface area (Å²) in [5, 5.41) is 43.8. The third kappa shape index (κ3) is 39.0. The van der Waals surface area contributed by atoms with Crippen LogP contribution in [0.5, 0.6) is 0 Å². The number of rotatable bonds is 25. The Morgan fingerprint density at radius 1 is 0.553 bits per heavy atom. The minimum Gasteiger partial charge on any atom is -0.478 e. The average Bonchev–Trinajstić information content (AvgIpc) is 3.42. The summed E-state index contributed by atoms with van der Waals surface area (Å²) >= 11 is 3.32. The summed E-state index contributed by atoms with van der Waals surface area (Å²) in [6.07, 6.45) is 5.64. The molecule has 0 radical (unpaired) electrons. The molecule has 0 heterocycles. The number of alkyl halides is 3. The number of aryl methyl sites for hydroxylation is 1. The summed E-state index contributed by atoms with van der Waals surface area (Å²) < 4.78 is 22.8. The Hall–Kier alpha value is -7.54. The van der Waals surface area contributed by atoms with E-state index in [1.54, 1.807) is 36.4 Å². The molecular weight excluding hydrogens is 1070 g/mol. The quantitative estimate of drug-likeness (QED) is 0.00931. The van der Waals surface area contributed by atoms with Gasteiger partial charge in [-0.25, -0.2) is 9.59 Å². The van der Waals surface area contributed by atoms with Gasteiger partial charge in [0.2, 0.25) is 0 Å². The molecule has 76 heavy (non-hydrogen) atoms. The molecule has 0 unspecified atom stereocenters. The minimum absolute atomic E-state index is 0. The molecule has 410 valence electrons. The number of halogens is 4. The summed E-state index contributed by atoms with van der Waals surface area (Å²) in [5.41, 5.74) is 46.0. The van der Waals surface area contributed by atoms with Crippen molar-refractivity contribution in [3.05, 3.63) is 219 Å². The number of azide groups is 4. The Morgan fingerprint density at radius 2 is 0.868 bits per heavy atom. The fourth-order valence-electron chi connectivity index (χ4n) is 5.53. The van der Waals surface area contributed by atoms with E-state index in [4.69, 9.17) is 43.2 Å². The first-order valence-corrected chi connectivity index (χ1v) is 24.2. The van der Waals surface area contributed by atoms with Gasteiger partial charge in [-0.15, -0.1) is 12.4 Å². The van der Waals surface area contributed by atoms with E-state index in [1.807, 2.05) is 72.8 Å². The summed E-state index contributed by atoms with van der Waals surface area (Å²) in [4.78, 5) is 41.9. The van der Waals surface area contributed by atoms with Crippen LogP contribution in [0.1, 0.15) is 90.3 Å². The van der Waals surface area contributed by atoms with E-state index in [1.165, 1.54) is 17.7 Å². The Kier molecular flexibility index (Phi) is 48.8. The SMILES string of the molecule is C.Cl.NCCCF.O=C(O)c1ccc(CCBr)cc1.[N-]=[N+]=NCCc1ccc(C(=O)O)cc1.[N-]=[N+]=NCCc1ccc(C=O)cc1.[N-]=[N+]=NCCc1ccc(CNCCCF)cc1.[N-]=[N+]=NCCc1ccc(CO)cc1. The molecule has 0 aliphatic carbocycles. The summed E-state index contributed by atoms with van der Waals surface area (Å²) in [5.74, 6) is -1.81. The lowest BCUT2D eigenvalue weighted by Gasteiger charge is -2.04. The molecule has 0 aliphatic rings. The fraction of sp³-hybridized carbons (Fsp3) is 0.365. The van der Waals surface area contributed by atoms with Crippen molar-refractivity contribution in [2.24, 2.45) is 26.2 Å². The van der Waals surface area contributed by atoms with E-state index in [-0.39, 0.29) is 45.4 Å². The normalized spacial score (nSPS) is 9.12. The molecule has 0 bridgehead atoms. The van der Waals surface area contributed by atoms with Crippen LogP contribution < -0.4 is 11.1 Å². The predicted octanol–water partition coefficient (Wildman–Crippen LogP) is 13.3. The van der Waals surface area contributed by atoms with Crippen LogP contribution in [0, 0.1) is 0 Å². The average molecular weight is 1140 g/mol. The molecule has 24 heteroatoms. The van der Waals surface area contributed by atoms with Crippen molar-refractivity contribution in [2.75, 3.05) is 57.9 Å². The zero-order valence-corrected chi connectivity index (χ0v) is 43.8. The van der Waals surface area contributed by atoms with Gasteiger partial charge in [-0.2, -0.15) is 0 Å². The zero-order valence-electron chi connectivity index (χ0n) is 41.4. The van der Waals surface area contributed by atoms with Crippen LogP contribution in [-0.4, -0.2) is 91.5 Å². The van der Waals surface area contributed by atoms with Gasteiger partial charge in [0, 0.05) is 63.3 Å². The minimum atomic E-state index is -0.938. The standard InChI is InChI=1S/C12H17FN4.C9H9BrO2.C9H9N3O2.C9H11N3O.C9H9N3O.C3H8FN.CH4.ClH/c13-7-1-8-15-10-12-4-2-11(3-5-12)6-9-16-17-14;10-6-5-7-1-3-8(4-2-7)9(11)12;10-12-11-6-5-7-1-3-8(4-2-7)9(13)14;2*10-12-11-6-5-8-1-3-9(7-13)4-2-8;4-2-1-3-5;;/h2-5,15H,1,6-10H2;1-4H,5-6H2,(H,11,12);1-4H,5-6H2,(H,13,14);1-4,13H,5-7H2;1-4,7H,5-6H2;1-3,5H2;1H4;1H. The fourth-order valence-corrected chi connectivity index (χ4v) is 5.99. The number of hydrogen-bond acceptors (Lipinski definition) is 10. The molecule has 0 saturated carbocycles. The van der Waals surface area contributed by atoms with Crippen LogP contribution in [0.3, 0.4) is 0 Å². The molecule has 5 aromatic carbocycles. The Bertz CT molecular complexity index is 2490. The van der Waals surface area contributed by atoms with E-state index in [0.717, 1.165) is 70.8 Å². The Balaban J connectivity index is -0.000000854. The number of nitrogens with one attached hydrogen (secondary N) is 1. The number of aromatic carboxylic acids is 2. The van der Waals surface area contributed by atoms with Gasteiger partial charge >= 0.3 is 11.9 Å². The number of carbonyl (C=O) groups excluding carboxylic acids is 1. The smallest absolute Gasteiger partial charge is 0.335 e. The van der Waals surface area contributed by atoms with Crippen LogP contribution in [0.4, 0.5) is 8.78 Å². The van der Waals surface area contributed by atoms with Crippen LogP contribution in [-0.2, 0) is 45.3 Å². The first-order valence-electron chi connectivity index (χ1n) is 23.1. The zero-order chi connectivity index (χ0) is 54.9. The van der Waals surface area contributed by atoms with Crippen molar-refractivity contribution < 1.29 is 38.5 Å². The number of aliphatic hydroxyl groups excluding tert-OH is 1. The molecule has 0 saturated heterocycles. The third-order valence-electron chi connectivity index (χ3n) is 9.54. The first-order chi connectivity index (χ1) is 36.0. The van der Waals surface area contributed by atoms with E-state index in [9.17, 15) is 23.2 Å². The topological polar surface area (TPSA) is 345 Å². The molecule has 0 fully saturated rings. The second-order valence-electron chi connectivity index (χ2n) is 15.0. The Morgan fingerprint density at radius 3 is 1.14 bits per heavy atom. The second kappa shape index (κ2) is 51.0. The molecule has 5 aromatic rings. The van der Waals surface area contributed by atoms with Crippen LogP contribution in [0.2, 0.25) is 0 Å². The maximum atomic E-state index is 11.8. The maximum absolute atomic E-state index is 11.8. The van der Waals surface area contributed by atoms with Crippen molar-refractivity contribution in [3.63, 3.8) is 0 Å². The van der Waals surface area contributed by atoms with Crippen LogP contribution >= 0.6 is 28.3 Å². The van der Waals surface area contributed by atoms with Gasteiger partial charge in [-0.3, -0.25) is 13.6 Å². The van der Waals surface area contributed by atoms with Crippen LogP contribution in [0.15, 0.2) is 142 Å². The number of carboxylic acid groups (broad SMARTS) is 2. The molecule has 0 spiro atoms. The molecule has 0 amide bonds. The predicted molar refractivity (Wildman–Crippen MR) is 302 cm³/mol. The number of hydrogen-bond donors (Lipinski definition) is 5. The molecule has 20 nitrogen and oxygen atoms in total. The third-order valence-corrected chi connectivity index (χ3v) is 9.93. The lowest BCUT2D eigenvalue weighted by atomic mass is 10.1. The number of benzene rings is 5. The van der Waals surface area contributed by atoms with Gasteiger partial charge in [0.05, 0.1) is 31.1 Å². The summed E-state index contributed by atoms with van der Waals surface area (Å²) in [7, 11) is 0.